The zero-order chi connectivity index (χ0) is 15.3. The van der Waals surface area contributed by atoms with Crippen LogP contribution in [-0.2, 0) is 23.1 Å². The van der Waals surface area contributed by atoms with Crippen LogP contribution in [0, 0.1) is 0 Å². The average molecular weight is 353 g/mol. The third kappa shape index (κ3) is 2.18. The van der Waals surface area contributed by atoms with Crippen molar-refractivity contribution in [3.05, 3.63) is 52.5 Å². The van der Waals surface area contributed by atoms with Gasteiger partial charge < -0.3 is 4.57 Å². The molecule has 0 spiro atoms. The van der Waals surface area contributed by atoms with Crippen LogP contribution in [0.4, 0.5) is 0 Å². The van der Waals surface area contributed by atoms with Crippen molar-refractivity contribution in [1.82, 2.24) is 8.87 Å². The van der Waals surface area contributed by atoms with Crippen molar-refractivity contribution in [2.45, 2.75) is 17.3 Å². The molecule has 1 aliphatic rings. The molecule has 3 heterocycles. The Morgan fingerprint density at radius 3 is 2.68 bits per heavy atom. The second-order valence-corrected chi connectivity index (χ2v) is 9.12. The van der Waals surface area contributed by atoms with Gasteiger partial charge in [-0.25, -0.2) is 8.42 Å². The Kier molecular flexibility index (Phi) is 3.30. The Morgan fingerprint density at radius 2 is 1.91 bits per heavy atom. The molecule has 4 rings (SSSR count). The highest BCUT2D eigenvalue weighted by Crippen LogP contribution is 2.31. The molecular weight excluding hydrogens is 340 g/mol. The summed E-state index contributed by atoms with van der Waals surface area (Å²) in [6.07, 6.45) is 0. The van der Waals surface area contributed by atoms with Crippen molar-refractivity contribution in [2.75, 3.05) is 6.54 Å². The van der Waals surface area contributed by atoms with Gasteiger partial charge in [0.1, 0.15) is 4.21 Å². The van der Waals surface area contributed by atoms with Gasteiger partial charge >= 0.3 is 0 Å². The maximum atomic E-state index is 12.7. The van der Waals surface area contributed by atoms with Crippen molar-refractivity contribution >= 4 is 43.9 Å². The topological polar surface area (TPSA) is 42.3 Å². The first-order valence-electron chi connectivity index (χ1n) is 6.88. The Hall–Kier alpha value is -1.34. The van der Waals surface area contributed by atoms with Crippen LogP contribution in [0.2, 0.25) is 4.34 Å². The number of rotatable bonds is 2. The average Bonchev–Trinajstić information content (AvgIpc) is 3.10. The normalized spacial score (nSPS) is 16.0. The number of hydrogen-bond acceptors (Lipinski definition) is 3. The van der Waals surface area contributed by atoms with Gasteiger partial charge in [0.05, 0.1) is 10.9 Å². The number of halogens is 1. The summed E-state index contributed by atoms with van der Waals surface area (Å²) in [6, 6.07) is 13.4. The molecule has 0 amide bonds. The molecule has 0 N–H and O–H groups in total. The summed E-state index contributed by atoms with van der Waals surface area (Å²) in [4.78, 5) is 0. The second kappa shape index (κ2) is 5.09. The third-order valence-corrected chi connectivity index (χ3v) is 7.49. The molecule has 1 aliphatic heterocycles. The molecule has 0 saturated heterocycles. The first-order valence-corrected chi connectivity index (χ1v) is 9.52. The van der Waals surface area contributed by atoms with E-state index in [0.717, 1.165) is 27.9 Å². The van der Waals surface area contributed by atoms with Gasteiger partial charge in [-0.3, -0.25) is 0 Å². The molecule has 7 heteroatoms. The van der Waals surface area contributed by atoms with Crippen molar-refractivity contribution in [2.24, 2.45) is 0 Å². The van der Waals surface area contributed by atoms with E-state index in [9.17, 15) is 8.42 Å². The molecule has 2 aromatic heterocycles. The van der Waals surface area contributed by atoms with E-state index in [1.54, 1.807) is 12.1 Å². The molecule has 1 aromatic carbocycles. The fourth-order valence-corrected chi connectivity index (χ4v) is 5.94. The van der Waals surface area contributed by atoms with E-state index in [2.05, 4.69) is 22.8 Å². The van der Waals surface area contributed by atoms with Gasteiger partial charge in [0.25, 0.3) is 10.0 Å². The van der Waals surface area contributed by atoms with E-state index in [4.69, 9.17) is 11.6 Å². The highest BCUT2D eigenvalue weighted by atomic mass is 35.5. The summed E-state index contributed by atoms with van der Waals surface area (Å²) in [5.74, 6) is 0. The Balaban J connectivity index is 1.72. The summed E-state index contributed by atoms with van der Waals surface area (Å²) in [7, 11) is -3.47. The first-order chi connectivity index (χ1) is 10.6. The molecule has 3 aromatic rings. The lowest BCUT2D eigenvalue weighted by atomic mass is 10.2. The van der Waals surface area contributed by atoms with Gasteiger partial charge in [0, 0.05) is 24.3 Å². The monoisotopic (exact) mass is 352 g/mol. The van der Waals surface area contributed by atoms with Crippen LogP contribution < -0.4 is 0 Å². The smallest absolute Gasteiger partial charge is 0.253 e. The summed E-state index contributed by atoms with van der Waals surface area (Å²) in [5, 5.41) is 1.15. The van der Waals surface area contributed by atoms with Gasteiger partial charge in [0.2, 0.25) is 0 Å². The fraction of sp³-hybridized carbons (Fsp3) is 0.200. The molecule has 0 atom stereocenters. The summed E-state index contributed by atoms with van der Waals surface area (Å²) in [6.45, 7) is 1.54. The van der Waals surface area contributed by atoms with Crippen molar-refractivity contribution in [3.63, 3.8) is 0 Å². The van der Waals surface area contributed by atoms with Crippen molar-refractivity contribution in [1.29, 1.82) is 0 Å². The van der Waals surface area contributed by atoms with Crippen LogP contribution in [0.1, 0.15) is 5.69 Å². The van der Waals surface area contributed by atoms with Crippen LogP contribution in [0.5, 0.6) is 0 Å². The Morgan fingerprint density at radius 1 is 1.09 bits per heavy atom. The quantitative estimate of drug-likeness (QED) is 0.707. The number of nitrogens with zero attached hydrogens (tertiary/aromatic N) is 2. The zero-order valence-corrected chi connectivity index (χ0v) is 14.0. The van der Waals surface area contributed by atoms with Crippen LogP contribution >= 0.6 is 22.9 Å². The van der Waals surface area contributed by atoms with Gasteiger partial charge in [-0.2, -0.15) is 4.31 Å². The van der Waals surface area contributed by atoms with Crippen molar-refractivity contribution in [3.8, 4) is 0 Å². The fourth-order valence-electron chi connectivity index (χ4n) is 2.90. The molecule has 22 heavy (non-hydrogen) atoms. The number of fused-ring (bicyclic) bond motifs is 3. The van der Waals surface area contributed by atoms with Gasteiger partial charge in [-0.1, -0.05) is 29.8 Å². The second-order valence-electron chi connectivity index (χ2n) is 5.24. The minimum absolute atomic E-state index is 0.307. The highest BCUT2D eigenvalue weighted by Gasteiger charge is 2.30. The molecule has 0 unspecified atom stereocenters. The highest BCUT2D eigenvalue weighted by molar-refractivity contribution is 7.91. The van der Waals surface area contributed by atoms with E-state index in [-0.39, 0.29) is 0 Å². The van der Waals surface area contributed by atoms with Crippen LogP contribution in [0.25, 0.3) is 10.9 Å². The van der Waals surface area contributed by atoms with Crippen LogP contribution in [0.3, 0.4) is 0 Å². The van der Waals surface area contributed by atoms with Gasteiger partial charge in [0.15, 0.2) is 0 Å². The maximum absolute atomic E-state index is 12.7. The number of benzene rings is 1. The predicted molar refractivity (Wildman–Crippen MR) is 88.9 cm³/mol. The molecule has 4 nitrogen and oxygen atoms in total. The van der Waals surface area contributed by atoms with E-state index in [0.29, 0.717) is 28.2 Å². The van der Waals surface area contributed by atoms with Gasteiger partial charge in [-0.15, -0.1) is 11.3 Å². The lowest BCUT2D eigenvalue weighted by Crippen LogP contribution is -2.37. The van der Waals surface area contributed by atoms with E-state index in [1.807, 2.05) is 12.1 Å². The Bertz CT molecular complexity index is 959. The summed E-state index contributed by atoms with van der Waals surface area (Å²) < 4.78 is 29.9. The molecule has 0 fully saturated rings. The summed E-state index contributed by atoms with van der Waals surface area (Å²) >= 11 is 6.97. The number of thiophene rings is 1. The molecule has 0 bridgehead atoms. The SMILES string of the molecule is O=S(=O)(c1ccc(Cl)s1)N1CCn2c(cc3ccccc32)C1. The molecular formula is C15H13ClN2O2S2. The van der Waals surface area contributed by atoms with E-state index < -0.39 is 10.0 Å². The standard InChI is InChI=1S/C15H13ClN2O2S2/c16-14-5-6-15(21-14)22(19,20)17-7-8-18-12(10-17)9-11-3-1-2-4-13(11)18/h1-6,9H,7-8,10H2. The lowest BCUT2D eigenvalue weighted by molar-refractivity contribution is 0.346. The first kappa shape index (κ1) is 14.3. The molecule has 0 aliphatic carbocycles. The minimum atomic E-state index is -3.47. The van der Waals surface area contributed by atoms with E-state index >= 15 is 0 Å². The molecule has 114 valence electrons. The van der Waals surface area contributed by atoms with Gasteiger partial charge in [-0.05, 0) is 29.7 Å². The molecule has 0 radical (unpaired) electrons. The van der Waals surface area contributed by atoms with Crippen LogP contribution in [0.15, 0.2) is 46.7 Å². The van der Waals surface area contributed by atoms with Crippen LogP contribution in [-0.4, -0.2) is 23.8 Å². The summed E-state index contributed by atoms with van der Waals surface area (Å²) in [5.41, 5.74) is 2.19. The third-order valence-electron chi connectivity index (χ3n) is 3.95. The number of para-hydroxylation sites is 1. The molecule has 0 saturated carbocycles. The maximum Gasteiger partial charge on any atom is 0.253 e. The number of hydrogen-bond donors (Lipinski definition) is 0. The lowest BCUT2D eigenvalue weighted by Gasteiger charge is -2.27. The minimum Gasteiger partial charge on any atom is -0.342 e. The largest absolute Gasteiger partial charge is 0.342 e. The van der Waals surface area contributed by atoms with Crippen molar-refractivity contribution < 1.29 is 8.42 Å². The number of sulfonamides is 1. The zero-order valence-electron chi connectivity index (χ0n) is 11.6. The van der Waals surface area contributed by atoms with E-state index in [1.165, 1.54) is 4.31 Å². The predicted octanol–water partition coefficient (Wildman–Crippen LogP) is 3.56. The number of aromatic nitrogens is 1. The Labute approximate surface area is 137 Å².